The molecule has 4 atom stereocenters. The number of fused-ring (bicyclic) bond motifs is 1. The molecule has 2 aromatic carbocycles. The Morgan fingerprint density at radius 1 is 1.00 bits per heavy atom. The molecule has 354 valence electrons. The van der Waals surface area contributed by atoms with E-state index in [0.717, 1.165) is 21.7 Å². The first-order chi connectivity index (χ1) is 32.1. The van der Waals surface area contributed by atoms with Crippen molar-refractivity contribution in [2.24, 2.45) is 5.41 Å². The SMILES string of the molecule is Cc1ncsc1-c1ccc(CNC(=O)[C@@H]2C[C@@H](O)CN2C(=O)[C@@H](NC(=O)CCOCCOCCOc2ccc(C(=O)Nc3ccc4oc(C5C=CC(=O)N(C)N5)nc4c3)nc2)C(C)(C)C)cc1. The minimum absolute atomic E-state index is 0.00509. The Hall–Kier alpha value is -6.58. The van der Waals surface area contributed by atoms with E-state index in [9.17, 15) is 29.1 Å². The van der Waals surface area contributed by atoms with Gasteiger partial charge >= 0.3 is 0 Å². The predicted octanol–water partition coefficient (Wildman–Crippen LogP) is 4.09. The number of nitrogens with one attached hydrogen (secondary N) is 4. The lowest BCUT2D eigenvalue weighted by Crippen LogP contribution is -2.57. The number of hydrogen-bond donors (Lipinski definition) is 5. The average molecular weight is 938 g/mol. The molecule has 0 bridgehead atoms. The number of aromatic nitrogens is 3. The number of likely N-dealkylation sites (N-methyl/N-ethyl adjacent to an activating group) is 1. The molecule has 1 saturated heterocycles. The summed E-state index contributed by atoms with van der Waals surface area (Å²) in [6.07, 6.45) is 3.76. The third-order valence-corrected chi connectivity index (χ3v) is 12.0. The summed E-state index contributed by atoms with van der Waals surface area (Å²) in [7, 11) is 1.61. The van der Waals surface area contributed by atoms with Crippen LogP contribution in [0, 0.1) is 12.3 Å². The zero-order valence-corrected chi connectivity index (χ0v) is 38.8. The second kappa shape index (κ2) is 21.8. The number of rotatable bonds is 19. The number of amides is 5. The number of aliphatic hydroxyl groups is 1. The summed E-state index contributed by atoms with van der Waals surface area (Å²) >= 11 is 1.57. The molecule has 67 heavy (non-hydrogen) atoms. The molecule has 5 amide bonds. The van der Waals surface area contributed by atoms with E-state index in [0.29, 0.717) is 28.4 Å². The molecule has 5 heterocycles. The lowest BCUT2D eigenvalue weighted by molar-refractivity contribution is -0.144. The number of anilines is 1. The number of hydrazine groups is 1. The van der Waals surface area contributed by atoms with Crippen LogP contribution in [0.3, 0.4) is 0 Å². The van der Waals surface area contributed by atoms with Gasteiger partial charge in [-0.3, -0.25) is 29.0 Å². The smallest absolute Gasteiger partial charge is 0.274 e. The summed E-state index contributed by atoms with van der Waals surface area (Å²) < 4.78 is 22.7. The molecule has 1 fully saturated rings. The monoisotopic (exact) mass is 937 g/mol. The Balaban J connectivity index is 0.774. The van der Waals surface area contributed by atoms with E-state index in [1.165, 1.54) is 22.2 Å². The second-order valence-electron chi connectivity index (χ2n) is 17.2. The van der Waals surface area contributed by atoms with E-state index >= 15 is 0 Å². The molecule has 0 spiro atoms. The van der Waals surface area contributed by atoms with Gasteiger partial charge in [-0.1, -0.05) is 51.1 Å². The molecule has 0 radical (unpaired) electrons. The van der Waals surface area contributed by atoms with Gasteiger partial charge in [-0.25, -0.2) is 20.4 Å². The van der Waals surface area contributed by atoms with Gasteiger partial charge in [0.15, 0.2) is 5.58 Å². The van der Waals surface area contributed by atoms with Crippen LogP contribution < -0.4 is 26.1 Å². The van der Waals surface area contributed by atoms with E-state index in [4.69, 9.17) is 18.6 Å². The standard InChI is InChI=1S/C47H55N9O10S/c1-28-41(67-27-50-28)30-8-6-29(7-9-30)24-49-44(61)37-23-32(57)26-56(37)46(62)42(47(2,3)4)53-39(58)16-17-63-18-19-64-20-21-65-33-11-12-34(48-25-33)43(60)51-31-10-14-38-36(22-31)52-45(66-38)35-13-15-40(59)55(5)54-35/h6-15,22,25,27,32,35,37,42,54,57H,16-21,23-24,26H2,1-5H3,(H,49,61)(H,51,60)(H,53,58)/t32-,35?,37+,42-/m1/s1. The molecular weight excluding hydrogens is 883 g/mol. The quantitative estimate of drug-likeness (QED) is 0.0734. The highest BCUT2D eigenvalue weighted by atomic mass is 32.1. The number of benzene rings is 2. The number of carbonyl (C=O) groups is 5. The molecule has 0 saturated carbocycles. The second-order valence-corrected chi connectivity index (χ2v) is 18.1. The van der Waals surface area contributed by atoms with Crippen molar-refractivity contribution in [3.63, 3.8) is 0 Å². The third-order valence-electron chi connectivity index (χ3n) is 11.0. The molecule has 2 aliphatic rings. The van der Waals surface area contributed by atoms with Crippen molar-refractivity contribution >= 4 is 57.7 Å². The van der Waals surface area contributed by atoms with Gasteiger partial charge in [0, 0.05) is 44.7 Å². The Labute approximate surface area is 391 Å². The molecule has 20 heteroatoms. The van der Waals surface area contributed by atoms with Crippen molar-refractivity contribution < 1.29 is 47.7 Å². The number of aliphatic hydroxyl groups excluding tert-OH is 1. The highest BCUT2D eigenvalue weighted by Crippen LogP contribution is 2.29. The summed E-state index contributed by atoms with van der Waals surface area (Å²) in [5, 5.41) is 20.5. The van der Waals surface area contributed by atoms with Crippen molar-refractivity contribution in [1.29, 1.82) is 0 Å². The topological polar surface area (TPSA) is 240 Å². The van der Waals surface area contributed by atoms with Gasteiger partial charge in [0.25, 0.3) is 11.8 Å². The van der Waals surface area contributed by atoms with Crippen LogP contribution >= 0.6 is 11.3 Å². The number of hydrogen-bond acceptors (Lipinski definition) is 15. The number of likely N-dealkylation sites (tertiary alicyclic amines) is 1. The van der Waals surface area contributed by atoms with Gasteiger partial charge in [0.2, 0.25) is 23.6 Å². The maximum absolute atomic E-state index is 13.9. The summed E-state index contributed by atoms with van der Waals surface area (Å²) in [5.74, 6) is -0.989. The minimum Gasteiger partial charge on any atom is -0.490 e. The lowest BCUT2D eigenvalue weighted by Gasteiger charge is -2.35. The zero-order chi connectivity index (χ0) is 47.7. The number of pyridine rings is 1. The largest absolute Gasteiger partial charge is 0.490 e. The van der Waals surface area contributed by atoms with Gasteiger partial charge < -0.3 is 44.6 Å². The van der Waals surface area contributed by atoms with Crippen LogP contribution in [0.4, 0.5) is 5.69 Å². The van der Waals surface area contributed by atoms with E-state index in [1.807, 2.05) is 52.0 Å². The minimum atomic E-state index is -0.951. The Bertz CT molecular complexity index is 2570. The fourth-order valence-corrected chi connectivity index (χ4v) is 8.22. The molecule has 5 aromatic rings. The van der Waals surface area contributed by atoms with E-state index in [-0.39, 0.29) is 82.4 Å². The first-order valence-electron chi connectivity index (χ1n) is 21.9. The molecule has 1 unspecified atom stereocenters. The lowest BCUT2D eigenvalue weighted by atomic mass is 9.85. The fraction of sp³-hybridized carbons (Fsp3) is 0.404. The summed E-state index contributed by atoms with van der Waals surface area (Å²) in [5.41, 5.74) is 8.72. The zero-order valence-electron chi connectivity index (χ0n) is 37.9. The summed E-state index contributed by atoms with van der Waals surface area (Å²) in [6, 6.07) is 13.8. The molecule has 7 rings (SSSR count). The normalized spacial score (nSPS) is 17.7. The third kappa shape index (κ3) is 12.7. The molecule has 2 aliphatic heterocycles. The number of β-amino-alcohol motifs (C(OH)–C–C–N with tert-alkyl or cyclic N) is 1. The van der Waals surface area contributed by atoms with Gasteiger partial charge in [0.1, 0.15) is 41.7 Å². The van der Waals surface area contributed by atoms with Crippen LogP contribution in [0.2, 0.25) is 0 Å². The number of thiazole rings is 1. The van der Waals surface area contributed by atoms with Gasteiger partial charge in [-0.05, 0) is 53.8 Å². The van der Waals surface area contributed by atoms with Crippen LogP contribution in [0.25, 0.3) is 21.5 Å². The first-order valence-corrected chi connectivity index (χ1v) is 22.7. The molecule has 3 aromatic heterocycles. The van der Waals surface area contributed by atoms with Crippen molar-refractivity contribution in [3.8, 4) is 16.2 Å². The Morgan fingerprint density at radius 3 is 2.46 bits per heavy atom. The predicted molar refractivity (Wildman–Crippen MR) is 247 cm³/mol. The van der Waals surface area contributed by atoms with E-state index in [2.05, 4.69) is 36.3 Å². The summed E-state index contributed by atoms with van der Waals surface area (Å²) in [4.78, 5) is 80.5. The van der Waals surface area contributed by atoms with Crippen LogP contribution in [-0.2, 0) is 35.2 Å². The Kier molecular flexibility index (Phi) is 15.7. The van der Waals surface area contributed by atoms with Crippen LogP contribution in [0.15, 0.2) is 82.9 Å². The van der Waals surface area contributed by atoms with Crippen molar-refractivity contribution in [1.82, 2.24) is 40.9 Å². The maximum atomic E-state index is 13.9. The molecule has 5 N–H and O–H groups in total. The number of aryl methyl sites for hydroxylation is 1. The Morgan fingerprint density at radius 2 is 1.76 bits per heavy atom. The first kappa shape index (κ1) is 48.4. The highest BCUT2D eigenvalue weighted by Gasteiger charge is 2.44. The van der Waals surface area contributed by atoms with Crippen molar-refractivity contribution in [2.75, 3.05) is 51.9 Å². The number of carbonyl (C=O) groups excluding carboxylic acids is 5. The van der Waals surface area contributed by atoms with Gasteiger partial charge in [0.05, 0.1) is 54.8 Å². The van der Waals surface area contributed by atoms with Crippen molar-refractivity contribution in [3.05, 3.63) is 101 Å². The van der Waals surface area contributed by atoms with E-state index < -0.39 is 41.5 Å². The maximum Gasteiger partial charge on any atom is 0.274 e. The summed E-state index contributed by atoms with van der Waals surface area (Å²) in [6.45, 7) is 8.71. The van der Waals surface area contributed by atoms with Crippen LogP contribution in [0.5, 0.6) is 5.75 Å². The van der Waals surface area contributed by atoms with E-state index in [1.54, 1.807) is 60.3 Å². The molecular formula is C47H55N9O10S. The molecule has 0 aliphatic carbocycles. The van der Waals surface area contributed by atoms with Crippen LogP contribution in [-0.4, -0.2) is 124 Å². The number of oxazole rings is 1. The average Bonchev–Trinajstić information content (AvgIpc) is 4.05. The van der Waals surface area contributed by atoms with Crippen molar-refractivity contribution in [2.45, 2.75) is 71.3 Å². The highest BCUT2D eigenvalue weighted by molar-refractivity contribution is 7.13. The number of ether oxygens (including phenoxy) is 3. The number of nitrogens with zero attached hydrogens (tertiary/aromatic N) is 5. The van der Waals surface area contributed by atoms with Gasteiger partial charge in [-0.2, -0.15) is 0 Å². The van der Waals surface area contributed by atoms with Crippen LogP contribution in [0.1, 0.15) is 67.3 Å². The molecule has 19 nitrogen and oxygen atoms in total. The fourth-order valence-electron chi connectivity index (χ4n) is 7.41. The van der Waals surface area contributed by atoms with Gasteiger partial charge in [-0.15, -0.1) is 11.3 Å².